The number of H-pyrrole nitrogens is 1. The molecule has 4 rings (SSSR count). The number of carbonyl (C=O) groups is 1. The van der Waals surface area contributed by atoms with Crippen LogP contribution in [0.1, 0.15) is 6.42 Å². The molecule has 3 aromatic heterocycles. The van der Waals surface area contributed by atoms with E-state index in [0.717, 1.165) is 20.9 Å². The molecule has 2 N–H and O–H groups in total. The quantitative estimate of drug-likeness (QED) is 0.457. The minimum absolute atomic E-state index is 0.131. The van der Waals surface area contributed by atoms with Gasteiger partial charge in [0.15, 0.2) is 15.7 Å². The molecule has 0 aliphatic carbocycles. The Balaban J connectivity index is 1.47. The molecule has 0 bridgehead atoms. The predicted octanol–water partition coefficient (Wildman–Crippen LogP) is 4.32. The number of hydrogen-bond acceptors (Lipinski definition) is 7. The highest BCUT2D eigenvalue weighted by atomic mass is 32.1. The number of nitrogens with one attached hydrogen (secondary N) is 2. The number of carbonyl (C=O) groups excluding carboxylic acids is 1. The molecule has 7 nitrogen and oxygen atoms in total. The van der Waals surface area contributed by atoms with Crippen LogP contribution in [0.3, 0.4) is 0 Å². The fraction of sp³-hybridized carbons (Fsp3) is 0.176. The summed E-state index contributed by atoms with van der Waals surface area (Å²) in [5, 5.41) is 12.4. The molecule has 0 unspecified atom stereocenters. The van der Waals surface area contributed by atoms with Crippen LogP contribution in [0.4, 0.5) is 5.13 Å². The Labute approximate surface area is 167 Å². The van der Waals surface area contributed by atoms with Gasteiger partial charge in [-0.1, -0.05) is 23.5 Å². The van der Waals surface area contributed by atoms with Crippen molar-refractivity contribution < 1.29 is 9.53 Å². The first kappa shape index (κ1) is 17.8. The number of hydrogen-bond donors (Lipinski definition) is 2. The van der Waals surface area contributed by atoms with Crippen molar-refractivity contribution >= 4 is 56.1 Å². The number of methoxy groups -OCH3 is 1. The SMILES string of the molecule is COc1cccc2sc(NC(=O)CCn3c(-c4cccs4)n[nH]c3=S)nc12. The Hall–Kier alpha value is -2.56. The molecule has 10 heteroatoms. The second-order valence-corrected chi connectivity index (χ2v) is 7.97. The Morgan fingerprint density at radius 2 is 2.26 bits per heavy atom. The topological polar surface area (TPSA) is 84.8 Å². The lowest BCUT2D eigenvalue weighted by atomic mass is 10.3. The number of para-hydroxylation sites is 1. The van der Waals surface area contributed by atoms with Gasteiger partial charge in [-0.15, -0.1) is 11.3 Å². The molecule has 0 saturated heterocycles. The molecular weight excluding hydrogens is 402 g/mol. The summed E-state index contributed by atoms with van der Waals surface area (Å²) in [5.41, 5.74) is 0.748. The number of aromatic nitrogens is 4. The van der Waals surface area contributed by atoms with Crippen LogP contribution in [0.2, 0.25) is 0 Å². The van der Waals surface area contributed by atoms with E-state index in [9.17, 15) is 4.79 Å². The Kier molecular flexibility index (Phi) is 5.01. The fourth-order valence-electron chi connectivity index (χ4n) is 2.66. The van der Waals surface area contributed by atoms with Crippen molar-refractivity contribution in [3.05, 3.63) is 40.5 Å². The van der Waals surface area contributed by atoms with Gasteiger partial charge in [0.25, 0.3) is 0 Å². The molecule has 4 aromatic rings. The van der Waals surface area contributed by atoms with Crippen molar-refractivity contribution in [2.24, 2.45) is 0 Å². The Morgan fingerprint density at radius 3 is 3.04 bits per heavy atom. The van der Waals surface area contributed by atoms with Crippen LogP contribution in [0.15, 0.2) is 35.7 Å². The summed E-state index contributed by atoms with van der Waals surface area (Å²) in [5.74, 6) is 1.30. The van der Waals surface area contributed by atoms with Gasteiger partial charge in [0.05, 0.1) is 16.7 Å². The van der Waals surface area contributed by atoms with Crippen LogP contribution in [-0.2, 0) is 11.3 Å². The third-order valence-electron chi connectivity index (χ3n) is 3.91. The van der Waals surface area contributed by atoms with Crippen LogP contribution in [0, 0.1) is 4.77 Å². The predicted molar refractivity (Wildman–Crippen MR) is 110 cm³/mol. The Bertz CT molecular complexity index is 1140. The smallest absolute Gasteiger partial charge is 0.227 e. The molecule has 0 spiro atoms. The summed E-state index contributed by atoms with van der Waals surface area (Å²) in [6.07, 6.45) is 0.263. The molecule has 27 heavy (non-hydrogen) atoms. The van der Waals surface area contributed by atoms with E-state index in [1.165, 1.54) is 11.3 Å². The van der Waals surface area contributed by atoms with Gasteiger partial charge in [0, 0.05) is 13.0 Å². The zero-order chi connectivity index (χ0) is 18.8. The third-order valence-corrected chi connectivity index (χ3v) is 6.02. The van der Waals surface area contributed by atoms with Gasteiger partial charge in [-0.3, -0.25) is 14.5 Å². The highest BCUT2D eigenvalue weighted by Gasteiger charge is 2.14. The first-order valence-corrected chi connectivity index (χ1v) is 10.2. The molecule has 0 aliphatic heterocycles. The molecule has 1 amide bonds. The van der Waals surface area contributed by atoms with Gasteiger partial charge in [0.2, 0.25) is 5.91 Å². The second kappa shape index (κ2) is 7.59. The molecule has 0 aliphatic rings. The van der Waals surface area contributed by atoms with Crippen molar-refractivity contribution in [3.63, 3.8) is 0 Å². The van der Waals surface area contributed by atoms with Crippen molar-refractivity contribution in [2.45, 2.75) is 13.0 Å². The van der Waals surface area contributed by atoms with Gasteiger partial charge in [-0.25, -0.2) is 4.98 Å². The van der Waals surface area contributed by atoms with Crippen LogP contribution in [0.5, 0.6) is 5.75 Å². The first-order valence-electron chi connectivity index (χ1n) is 8.08. The average molecular weight is 418 g/mol. The maximum Gasteiger partial charge on any atom is 0.227 e. The van der Waals surface area contributed by atoms with E-state index in [1.54, 1.807) is 18.4 Å². The number of aromatic amines is 1. The van der Waals surface area contributed by atoms with Gasteiger partial charge >= 0.3 is 0 Å². The van der Waals surface area contributed by atoms with E-state index in [2.05, 4.69) is 20.5 Å². The van der Waals surface area contributed by atoms with Gasteiger partial charge in [-0.2, -0.15) is 5.10 Å². The summed E-state index contributed by atoms with van der Waals surface area (Å²) >= 11 is 8.28. The monoisotopic (exact) mass is 417 g/mol. The van der Waals surface area contributed by atoms with Crippen LogP contribution in [0.25, 0.3) is 20.9 Å². The summed E-state index contributed by atoms with van der Waals surface area (Å²) in [7, 11) is 1.60. The van der Waals surface area contributed by atoms with E-state index < -0.39 is 0 Å². The lowest BCUT2D eigenvalue weighted by Crippen LogP contribution is -2.14. The summed E-state index contributed by atoms with van der Waals surface area (Å²) in [6, 6.07) is 9.62. The van der Waals surface area contributed by atoms with Gasteiger partial charge in [-0.05, 0) is 35.8 Å². The number of benzene rings is 1. The molecule has 0 fully saturated rings. The number of thiazole rings is 1. The number of rotatable bonds is 6. The minimum atomic E-state index is -0.131. The summed E-state index contributed by atoms with van der Waals surface area (Å²) < 4.78 is 8.60. The maximum absolute atomic E-state index is 12.4. The lowest BCUT2D eigenvalue weighted by molar-refractivity contribution is -0.116. The van der Waals surface area contributed by atoms with Crippen LogP contribution >= 0.6 is 34.9 Å². The third kappa shape index (κ3) is 3.64. The number of thiophene rings is 1. The van der Waals surface area contributed by atoms with Crippen molar-refractivity contribution in [1.82, 2.24) is 19.7 Å². The molecular formula is C17H15N5O2S3. The van der Waals surface area contributed by atoms with E-state index in [0.29, 0.717) is 22.2 Å². The zero-order valence-electron chi connectivity index (χ0n) is 14.3. The number of fused-ring (bicyclic) bond motifs is 1. The normalized spacial score (nSPS) is 11.0. The largest absolute Gasteiger partial charge is 0.494 e. The van der Waals surface area contributed by atoms with Gasteiger partial charge in [0.1, 0.15) is 11.3 Å². The van der Waals surface area contributed by atoms with E-state index in [-0.39, 0.29) is 12.3 Å². The number of ether oxygens (including phenoxy) is 1. The van der Waals surface area contributed by atoms with Crippen molar-refractivity contribution in [1.29, 1.82) is 0 Å². The highest BCUT2D eigenvalue weighted by Crippen LogP contribution is 2.32. The van der Waals surface area contributed by atoms with Crippen LogP contribution < -0.4 is 10.1 Å². The zero-order valence-corrected chi connectivity index (χ0v) is 16.7. The molecule has 0 atom stereocenters. The number of anilines is 1. The maximum atomic E-state index is 12.4. The summed E-state index contributed by atoms with van der Waals surface area (Å²) in [6.45, 7) is 0.433. The van der Waals surface area contributed by atoms with E-state index in [4.69, 9.17) is 17.0 Å². The average Bonchev–Trinajstić information content (AvgIpc) is 3.38. The molecule has 3 heterocycles. The molecule has 1 aromatic carbocycles. The van der Waals surface area contributed by atoms with E-state index in [1.807, 2.05) is 40.3 Å². The van der Waals surface area contributed by atoms with Crippen molar-refractivity contribution in [3.8, 4) is 16.5 Å². The molecule has 138 valence electrons. The molecule has 0 saturated carbocycles. The highest BCUT2D eigenvalue weighted by molar-refractivity contribution is 7.71. The lowest BCUT2D eigenvalue weighted by Gasteiger charge is -2.05. The first-order chi connectivity index (χ1) is 13.2. The summed E-state index contributed by atoms with van der Waals surface area (Å²) in [4.78, 5) is 17.9. The number of nitrogens with zero attached hydrogens (tertiary/aromatic N) is 3. The second-order valence-electron chi connectivity index (χ2n) is 5.61. The fourth-order valence-corrected chi connectivity index (χ4v) is 4.50. The standard InChI is InChI=1S/C17H15N5O2S3/c1-24-10-4-2-5-11-14(10)19-16(27-11)18-13(23)7-8-22-15(20-21-17(22)25)12-6-3-9-26-12/h2-6,9H,7-8H2,1H3,(H,21,25)(H,18,19,23). The van der Waals surface area contributed by atoms with Crippen LogP contribution in [-0.4, -0.2) is 32.8 Å². The van der Waals surface area contributed by atoms with Crippen molar-refractivity contribution in [2.75, 3.05) is 12.4 Å². The molecule has 0 radical (unpaired) electrons. The number of amides is 1. The Morgan fingerprint density at radius 1 is 1.37 bits per heavy atom. The minimum Gasteiger partial charge on any atom is -0.494 e. The van der Waals surface area contributed by atoms with E-state index >= 15 is 0 Å². The van der Waals surface area contributed by atoms with Gasteiger partial charge < -0.3 is 10.1 Å².